The van der Waals surface area contributed by atoms with Gasteiger partial charge in [0.2, 0.25) is 0 Å². The molecule has 0 saturated heterocycles. The highest BCUT2D eigenvalue weighted by Gasteiger charge is 2.07. The second-order valence-corrected chi connectivity index (χ2v) is 4.19. The van der Waals surface area contributed by atoms with Crippen LogP contribution in [0.25, 0.3) is 0 Å². The molecule has 5 heteroatoms. The Morgan fingerprint density at radius 3 is 2.84 bits per heavy atom. The lowest BCUT2D eigenvalue weighted by Crippen LogP contribution is -1.99. The Morgan fingerprint density at radius 2 is 2.16 bits per heavy atom. The Hall–Kier alpha value is -2.07. The smallest absolute Gasteiger partial charge is 0.162 e. The lowest BCUT2D eigenvalue weighted by Gasteiger charge is -2.11. The first-order valence-electron chi connectivity index (χ1n) is 5.59. The first-order chi connectivity index (χ1) is 9.24. The second-order valence-electron chi connectivity index (χ2n) is 3.78. The van der Waals surface area contributed by atoms with Crippen molar-refractivity contribution >= 4 is 17.9 Å². The van der Waals surface area contributed by atoms with E-state index in [1.54, 1.807) is 43.8 Å². The summed E-state index contributed by atoms with van der Waals surface area (Å²) in [6, 6.07) is 6.75. The van der Waals surface area contributed by atoms with Crippen molar-refractivity contribution in [3.8, 4) is 11.5 Å². The van der Waals surface area contributed by atoms with Gasteiger partial charge in [-0.3, -0.25) is 9.78 Å². The zero-order valence-corrected chi connectivity index (χ0v) is 11.1. The second kappa shape index (κ2) is 6.20. The molecule has 0 aliphatic rings. The monoisotopic (exact) mass is 277 g/mol. The molecule has 0 amide bonds. The molecule has 0 unspecified atom stereocenters. The van der Waals surface area contributed by atoms with E-state index in [1.807, 2.05) is 0 Å². The number of methoxy groups -OCH3 is 1. The third-order valence-corrected chi connectivity index (χ3v) is 2.90. The summed E-state index contributed by atoms with van der Waals surface area (Å²) in [4.78, 5) is 14.7. The van der Waals surface area contributed by atoms with Crippen LogP contribution in [0.1, 0.15) is 15.9 Å². The first-order valence-corrected chi connectivity index (χ1v) is 5.97. The third kappa shape index (κ3) is 3.23. The first kappa shape index (κ1) is 13.4. The van der Waals surface area contributed by atoms with Gasteiger partial charge in [0.25, 0.3) is 0 Å². The summed E-state index contributed by atoms with van der Waals surface area (Å²) in [6.07, 6.45) is 3.95. The molecular formula is C14H12ClNO3. The van der Waals surface area contributed by atoms with Gasteiger partial charge >= 0.3 is 0 Å². The maximum Gasteiger partial charge on any atom is 0.162 e. The van der Waals surface area contributed by atoms with Crippen LogP contribution in [0.4, 0.5) is 0 Å². The van der Waals surface area contributed by atoms with Crippen molar-refractivity contribution in [3.05, 3.63) is 52.8 Å². The zero-order chi connectivity index (χ0) is 13.7. The molecule has 0 aliphatic carbocycles. The summed E-state index contributed by atoms with van der Waals surface area (Å²) in [6.45, 7) is 0.278. The van der Waals surface area contributed by atoms with Crippen LogP contribution in [-0.4, -0.2) is 18.4 Å². The summed E-state index contributed by atoms with van der Waals surface area (Å²) in [7, 11) is 1.54. The molecule has 0 aliphatic heterocycles. The van der Waals surface area contributed by atoms with E-state index < -0.39 is 0 Å². The Morgan fingerprint density at radius 1 is 1.32 bits per heavy atom. The van der Waals surface area contributed by atoms with Crippen molar-refractivity contribution in [3.63, 3.8) is 0 Å². The molecule has 1 aromatic heterocycles. The SMILES string of the molecule is COc1ccc(C=O)cc1OCc1ccncc1Cl. The lowest BCUT2D eigenvalue weighted by molar-refractivity contribution is 0.112. The number of carbonyl (C=O) groups is 1. The van der Waals surface area contributed by atoms with Crippen molar-refractivity contribution in [1.82, 2.24) is 4.98 Å². The Labute approximate surface area is 115 Å². The molecule has 1 aromatic carbocycles. The quantitative estimate of drug-likeness (QED) is 0.788. The van der Waals surface area contributed by atoms with Gasteiger partial charge in [0.1, 0.15) is 12.9 Å². The molecular weight excluding hydrogens is 266 g/mol. The molecule has 0 atom stereocenters. The molecule has 0 radical (unpaired) electrons. The van der Waals surface area contributed by atoms with Crippen LogP contribution in [0.2, 0.25) is 5.02 Å². The summed E-state index contributed by atoms with van der Waals surface area (Å²) >= 11 is 5.99. The van der Waals surface area contributed by atoms with Crippen LogP contribution in [0.15, 0.2) is 36.7 Å². The van der Waals surface area contributed by atoms with Crippen LogP contribution >= 0.6 is 11.6 Å². The van der Waals surface area contributed by atoms with E-state index in [0.29, 0.717) is 22.1 Å². The van der Waals surface area contributed by atoms with Crippen molar-refractivity contribution in [1.29, 1.82) is 0 Å². The van der Waals surface area contributed by atoms with E-state index in [4.69, 9.17) is 21.1 Å². The zero-order valence-electron chi connectivity index (χ0n) is 10.3. The van der Waals surface area contributed by atoms with E-state index >= 15 is 0 Å². The number of hydrogen-bond donors (Lipinski definition) is 0. The molecule has 2 rings (SSSR count). The van der Waals surface area contributed by atoms with Crippen LogP contribution in [0.3, 0.4) is 0 Å². The molecule has 0 N–H and O–H groups in total. The highest BCUT2D eigenvalue weighted by Crippen LogP contribution is 2.29. The average Bonchev–Trinajstić information content (AvgIpc) is 2.46. The average molecular weight is 278 g/mol. The van der Waals surface area contributed by atoms with Gasteiger partial charge in [0.05, 0.1) is 12.1 Å². The molecule has 0 bridgehead atoms. The van der Waals surface area contributed by atoms with Crippen LogP contribution < -0.4 is 9.47 Å². The number of benzene rings is 1. The minimum Gasteiger partial charge on any atom is -0.493 e. The number of carbonyl (C=O) groups excluding carboxylic acids is 1. The topological polar surface area (TPSA) is 48.4 Å². The van der Waals surface area contributed by atoms with E-state index in [-0.39, 0.29) is 6.61 Å². The van der Waals surface area contributed by atoms with Gasteiger partial charge in [-0.15, -0.1) is 0 Å². The fourth-order valence-corrected chi connectivity index (χ4v) is 1.73. The number of aromatic nitrogens is 1. The fraction of sp³-hybridized carbons (Fsp3) is 0.143. The Kier molecular flexibility index (Phi) is 4.36. The van der Waals surface area contributed by atoms with Gasteiger partial charge in [-0.05, 0) is 24.3 Å². The molecule has 2 aromatic rings. The molecule has 1 heterocycles. The summed E-state index contributed by atoms with van der Waals surface area (Å²) in [5.74, 6) is 1.07. The molecule has 0 spiro atoms. The van der Waals surface area contributed by atoms with E-state index in [1.165, 1.54) is 0 Å². The Balaban J connectivity index is 2.19. The largest absolute Gasteiger partial charge is 0.493 e. The van der Waals surface area contributed by atoms with Crippen molar-refractivity contribution in [2.24, 2.45) is 0 Å². The number of pyridine rings is 1. The van der Waals surface area contributed by atoms with E-state index in [2.05, 4.69) is 4.98 Å². The molecule has 98 valence electrons. The van der Waals surface area contributed by atoms with E-state index in [9.17, 15) is 4.79 Å². The van der Waals surface area contributed by atoms with Gasteiger partial charge in [0, 0.05) is 23.5 Å². The lowest BCUT2D eigenvalue weighted by atomic mass is 10.2. The van der Waals surface area contributed by atoms with Crippen molar-refractivity contribution < 1.29 is 14.3 Å². The van der Waals surface area contributed by atoms with Gasteiger partial charge < -0.3 is 9.47 Å². The predicted molar refractivity (Wildman–Crippen MR) is 72.0 cm³/mol. The number of hydrogen-bond acceptors (Lipinski definition) is 4. The maximum atomic E-state index is 10.8. The summed E-state index contributed by atoms with van der Waals surface area (Å²) in [5.41, 5.74) is 1.34. The number of aldehydes is 1. The van der Waals surface area contributed by atoms with Gasteiger partial charge in [-0.1, -0.05) is 11.6 Å². The number of ether oxygens (including phenoxy) is 2. The highest BCUT2D eigenvalue weighted by molar-refractivity contribution is 6.31. The van der Waals surface area contributed by atoms with Crippen molar-refractivity contribution in [2.75, 3.05) is 7.11 Å². The standard InChI is InChI=1S/C14H12ClNO3/c1-18-13-3-2-10(8-17)6-14(13)19-9-11-4-5-16-7-12(11)15/h2-8H,9H2,1H3. The number of nitrogens with zero attached hydrogens (tertiary/aromatic N) is 1. The molecule has 0 fully saturated rings. The van der Waals surface area contributed by atoms with Gasteiger partial charge in [0.15, 0.2) is 11.5 Å². The minimum atomic E-state index is 0.278. The van der Waals surface area contributed by atoms with Gasteiger partial charge in [-0.2, -0.15) is 0 Å². The number of halogens is 1. The van der Waals surface area contributed by atoms with Gasteiger partial charge in [-0.25, -0.2) is 0 Å². The summed E-state index contributed by atoms with van der Waals surface area (Å²) < 4.78 is 10.8. The molecule has 4 nitrogen and oxygen atoms in total. The molecule has 19 heavy (non-hydrogen) atoms. The highest BCUT2D eigenvalue weighted by atomic mass is 35.5. The maximum absolute atomic E-state index is 10.8. The van der Waals surface area contributed by atoms with Crippen LogP contribution in [0.5, 0.6) is 11.5 Å². The fourth-order valence-electron chi connectivity index (χ4n) is 1.56. The van der Waals surface area contributed by atoms with Crippen LogP contribution in [-0.2, 0) is 6.61 Å². The predicted octanol–water partition coefficient (Wildman–Crippen LogP) is 3.14. The van der Waals surface area contributed by atoms with E-state index in [0.717, 1.165) is 11.8 Å². The Bertz CT molecular complexity index is 587. The normalized spacial score (nSPS) is 10.0. The minimum absolute atomic E-state index is 0.278. The number of rotatable bonds is 5. The van der Waals surface area contributed by atoms with Crippen LogP contribution in [0, 0.1) is 0 Å². The van der Waals surface area contributed by atoms with Crippen molar-refractivity contribution in [2.45, 2.75) is 6.61 Å². The molecule has 0 saturated carbocycles. The third-order valence-electron chi connectivity index (χ3n) is 2.56. The summed E-state index contributed by atoms with van der Waals surface area (Å²) in [5, 5.41) is 0.535.